The van der Waals surface area contributed by atoms with Crippen molar-refractivity contribution in [1.29, 1.82) is 0 Å². The molecule has 3 atom stereocenters. The molecule has 6 heteroatoms. The summed E-state index contributed by atoms with van der Waals surface area (Å²) in [6.45, 7) is 14.9. The molecule has 5 nitrogen and oxygen atoms in total. The Bertz CT molecular complexity index is 820. The number of methoxy groups -OCH3 is 1. The summed E-state index contributed by atoms with van der Waals surface area (Å²) in [4.78, 5) is 0. The molecule has 0 aliphatic carbocycles. The van der Waals surface area contributed by atoms with E-state index in [1.807, 2.05) is 48.6 Å². The molecule has 0 saturated carbocycles. The molecule has 1 aliphatic rings. The van der Waals surface area contributed by atoms with Crippen LogP contribution in [0, 0.1) is 0 Å². The van der Waals surface area contributed by atoms with Crippen LogP contribution < -0.4 is 4.74 Å². The third-order valence-electron chi connectivity index (χ3n) is 6.67. The van der Waals surface area contributed by atoms with Crippen molar-refractivity contribution >= 4 is 8.32 Å². The third kappa shape index (κ3) is 9.51. The Morgan fingerprint density at radius 2 is 1.88 bits per heavy atom. The summed E-state index contributed by atoms with van der Waals surface area (Å²) >= 11 is 0. The third-order valence-corrected chi connectivity index (χ3v) is 11.2. The first kappa shape index (κ1) is 28.5. The van der Waals surface area contributed by atoms with Crippen LogP contribution in [0.1, 0.15) is 46.1 Å². The van der Waals surface area contributed by atoms with Crippen molar-refractivity contribution in [3.05, 3.63) is 65.8 Å². The molecule has 34 heavy (non-hydrogen) atoms. The minimum Gasteiger partial charge on any atom is -0.497 e. The smallest absolute Gasteiger partial charge is 0.192 e. The van der Waals surface area contributed by atoms with Crippen LogP contribution in [0.25, 0.3) is 0 Å². The van der Waals surface area contributed by atoms with E-state index in [1.165, 1.54) is 5.57 Å². The molecule has 1 N–H and O–H groups in total. The fourth-order valence-electron chi connectivity index (χ4n) is 3.26. The quantitative estimate of drug-likeness (QED) is 0.280. The van der Waals surface area contributed by atoms with Gasteiger partial charge in [0, 0.05) is 0 Å². The summed E-state index contributed by atoms with van der Waals surface area (Å²) in [7, 11) is -0.129. The van der Waals surface area contributed by atoms with Crippen LogP contribution in [0.5, 0.6) is 5.75 Å². The van der Waals surface area contributed by atoms with Crippen LogP contribution in [0.4, 0.5) is 0 Å². The van der Waals surface area contributed by atoms with Gasteiger partial charge in [-0.2, -0.15) is 0 Å². The summed E-state index contributed by atoms with van der Waals surface area (Å²) < 4.78 is 23.3. The second-order valence-electron chi connectivity index (χ2n) is 10.5. The number of rotatable bonds is 12. The zero-order valence-corrected chi connectivity index (χ0v) is 23.0. The van der Waals surface area contributed by atoms with E-state index < -0.39 is 14.4 Å². The molecule has 1 aromatic carbocycles. The van der Waals surface area contributed by atoms with Crippen molar-refractivity contribution in [3.63, 3.8) is 0 Å². The van der Waals surface area contributed by atoms with Gasteiger partial charge in [-0.05, 0) is 55.6 Å². The molecule has 3 unspecified atom stereocenters. The molecule has 1 aliphatic heterocycles. The monoisotopic (exact) mass is 488 g/mol. The number of hydrogen-bond donors (Lipinski definition) is 1. The Kier molecular flexibility index (Phi) is 11.2. The van der Waals surface area contributed by atoms with Crippen LogP contribution in [-0.2, 0) is 20.5 Å². The summed E-state index contributed by atoms with van der Waals surface area (Å²) in [5.41, 5.74) is 2.34. The molecule has 0 saturated heterocycles. The normalized spacial score (nSPS) is 19.4. The lowest BCUT2D eigenvalue weighted by molar-refractivity contribution is -0.0251. The molecule has 1 heterocycles. The highest BCUT2D eigenvalue weighted by Gasteiger charge is 2.36. The Labute approximate surface area is 207 Å². The van der Waals surface area contributed by atoms with Crippen LogP contribution >= 0.6 is 0 Å². The molecular weight excluding hydrogens is 444 g/mol. The summed E-state index contributed by atoms with van der Waals surface area (Å²) in [5, 5.41) is 11.1. The van der Waals surface area contributed by atoms with Crippen molar-refractivity contribution in [2.24, 2.45) is 0 Å². The molecule has 1 aromatic rings. The molecule has 0 aromatic heterocycles. The highest BCUT2D eigenvalue weighted by atomic mass is 28.4. The van der Waals surface area contributed by atoms with Gasteiger partial charge in [-0.25, -0.2) is 0 Å². The Hall–Kier alpha value is -1.70. The number of ether oxygens (including phenoxy) is 3. The van der Waals surface area contributed by atoms with Crippen molar-refractivity contribution in [1.82, 2.24) is 0 Å². The fourth-order valence-corrected chi connectivity index (χ4v) is 4.21. The van der Waals surface area contributed by atoms with E-state index in [1.54, 1.807) is 7.11 Å². The largest absolute Gasteiger partial charge is 0.497 e. The number of aliphatic hydroxyl groups excluding tert-OH is 1. The second-order valence-corrected chi connectivity index (χ2v) is 15.3. The number of aliphatic hydroxyl groups is 1. The maximum Gasteiger partial charge on any atom is 0.192 e. The van der Waals surface area contributed by atoms with Crippen molar-refractivity contribution in [3.8, 4) is 5.75 Å². The van der Waals surface area contributed by atoms with Gasteiger partial charge < -0.3 is 23.7 Å². The molecular formula is C28H44O5Si. The van der Waals surface area contributed by atoms with E-state index in [4.69, 9.17) is 18.6 Å². The van der Waals surface area contributed by atoms with Crippen LogP contribution in [0.15, 0.2) is 60.2 Å². The molecule has 190 valence electrons. The average molecular weight is 489 g/mol. The first-order valence-corrected chi connectivity index (χ1v) is 15.1. The van der Waals surface area contributed by atoms with E-state index in [-0.39, 0.29) is 17.2 Å². The topological polar surface area (TPSA) is 57.2 Å². The highest BCUT2D eigenvalue weighted by molar-refractivity contribution is 6.74. The predicted molar refractivity (Wildman–Crippen MR) is 142 cm³/mol. The first-order chi connectivity index (χ1) is 16.0. The number of benzene rings is 1. The zero-order chi connectivity index (χ0) is 25.2. The SMILES string of the molecule is COc1ccc(COC(C/C=C/CO[Si](C)(C)C(C)(C)C)C(O)/C=C/C2CC(C)=CCO2)cc1. The van der Waals surface area contributed by atoms with Gasteiger partial charge in [0.15, 0.2) is 8.32 Å². The van der Waals surface area contributed by atoms with E-state index in [9.17, 15) is 5.11 Å². The zero-order valence-electron chi connectivity index (χ0n) is 22.0. The first-order valence-electron chi connectivity index (χ1n) is 12.2. The molecule has 0 radical (unpaired) electrons. The summed E-state index contributed by atoms with van der Waals surface area (Å²) in [5.74, 6) is 0.810. The second kappa shape index (κ2) is 13.4. The molecule has 2 rings (SSSR count). The maximum absolute atomic E-state index is 10.9. The van der Waals surface area contributed by atoms with Crippen molar-refractivity contribution in [2.45, 2.75) is 83.6 Å². The van der Waals surface area contributed by atoms with E-state index in [0.717, 1.165) is 17.7 Å². The molecule has 0 fully saturated rings. The van der Waals surface area contributed by atoms with Gasteiger partial charge in [0.1, 0.15) is 5.75 Å². The Morgan fingerprint density at radius 1 is 1.18 bits per heavy atom. The molecule has 0 amide bonds. The van der Waals surface area contributed by atoms with Gasteiger partial charge in [0.05, 0.1) is 45.2 Å². The predicted octanol–water partition coefficient (Wildman–Crippen LogP) is 6.20. The lowest BCUT2D eigenvalue weighted by Gasteiger charge is -2.35. The minimum absolute atomic E-state index is 0.00424. The van der Waals surface area contributed by atoms with E-state index in [2.05, 4.69) is 46.9 Å². The minimum atomic E-state index is -1.78. The van der Waals surface area contributed by atoms with Crippen LogP contribution in [-0.4, -0.2) is 52.1 Å². The summed E-state index contributed by atoms with van der Waals surface area (Å²) in [6.07, 6.45) is 10.3. The molecule has 0 bridgehead atoms. The Balaban J connectivity index is 1.98. The van der Waals surface area contributed by atoms with Gasteiger partial charge >= 0.3 is 0 Å². The Morgan fingerprint density at radius 3 is 2.50 bits per heavy atom. The van der Waals surface area contributed by atoms with Gasteiger partial charge in [-0.15, -0.1) is 0 Å². The van der Waals surface area contributed by atoms with Crippen LogP contribution in [0.2, 0.25) is 18.1 Å². The van der Waals surface area contributed by atoms with Gasteiger partial charge in [-0.1, -0.05) is 68.9 Å². The standard InChI is InChI=1S/C28H44O5Si/c1-22-17-19-31-25(20-22)15-16-26(29)27(32-21-23-11-13-24(30-5)14-12-23)10-8-9-18-33-34(6,7)28(2,3)4/h8-9,11-17,25-27,29H,10,18-21H2,1-7H3/b9-8+,16-15+. The number of hydrogen-bond acceptors (Lipinski definition) is 5. The van der Waals surface area contributed by atoms with E-state index >= 15 is 0 Å². The molecule has 0 spiro atoms. The lowest BCUT2D eigenvalue weighted by Crippen LogP contribution is -2.40. The van der Waals surface area contributed by atoms with Crippen molar-refractivity contribution < 1.29 is 23.7 Å². The lowest BCUT2D eigenvalue weighted by atomic mass is 10.0. The van der Waals surface area contributed by atoms with E-state index in [0.29, 0.717) is 26.2 Å². The van der Waals surface area contributed by atoms with Crippen molar-refractivity contribution in [2.75, 3.05) is 20.3 Å². The maximum atomic E-state index is 10.9. The van der Waals surface area contributed by atoms with Gasteiger partial charge in [0.25, 0.3) is 0 Å². The van der Waals surface area contributed by atoms with Gasteiger partial charge in [0.2, 0.25) is 0 Å². The highest BCUT2D eigenvalue weighted by Crippen LogP contribution is 2.36. The average Bonchev–Trinajstić information content (AvgIpc) is 2.79. The van der Waals surface area contributed by atoms with Crippen LogP contribution in [0.3, 0.4) is 0 Å². The fraction of sp³-hybridized carbons (Fsp3) is 0.571. The summed E-state index contributed by atoms with van der Waals surface area (Å²) in [6, 6.07) is 7.79. The van der Waals surface area contributed by atoms with Gasteiger partial charge in [-0.3, -0.25) is 0 Å².